The van der Waals surface area contributed by atoms with Crippen molar-refractivity contribution in [2.45, 2.75) is 51.1 Å². The van der Waals surface area contributed by atoms with Crippen LogP contribution in [0.3, 0.4) is 0 Å². The zero-order chi connectivity index (χ0) is 19.7. The molecule has 8 heteroatoms. The Bertz CT molecular complexity index is 790. The number of rotatable bonds is 5. The van der Waals surface area contributed by atoms with E-state index in [2.05, 4.69) is 10.6 Å². The molecule has 2 N–H and O–H groups in total. The molecule has 4 rings (SSSR count). The molecule has 2 atom stereocenters. The molecule has 1 saturated heterocycles. The van der Waals surface area contributed by atoms with E-state index in [0.717, 1.165) is 25.7 Å². The SMILES string of the molecule is C[C@@H](NC(=O)[C@@H]1CC(=O)N(c2ccc3c(c2)OCO3)C1)C(=O)NC1CCCC1. The van der Waals surface area contributed by atoms with Crippen LogP contribution in [0.15, 0.2) is 18.2 Å². The lowest BCUT2D eigenvalue weighted by molar-refractivity contribution is -0.131. The van der Waals surface area contributed by atoms with Crippen LogP contribution in [-0.4, -0.2) is 43.1 Å². The van der Waals surface area contributed by atoms with Crippen LogP contribution in [-0.2, 0) is 14.4 Å². The fourth-order valence-electron chi connectivity index (χ4n) is 3.98. The van der Waals surface area contributed by atoms with Gasteiger partial charge in [0.2, 0.25) is 24.5 Å². The van der Waals surface area contributed by atoms with Gasteiger partial charge in [0.1, 0.15) is 6.04 Å². The molecule has 150 valence electrons. The Balaban J connectivity index is 1.34. The van der Waals surface area contributed by atoms with Gasteiger partial charge < -0.3 is 25.0 Å². The number of carbonyl (C=O) groups is 3. The van der Waals surface area contributed by atoms with Gasteiger partial charge in [-0.3, -0.25) is 14.4 Å². The third kappa shape index (κ3) is 3.76. The van der Waals surface area contributed by atoms with Gasteiger partial charge in [-0.05, 0) is 31.9 Å². The van der Waals surface area contributed by atoms with Crippen molar-refractivity contribution in [2.75, 3.05) is 18.2 Å². The minimum atomic E-state index is -0.622. The molecule has 2 heterocycles. The highest BCUT2D eigenvalue weighted by Gasteiger charge is 2.36. The highest BCUT2D eigenvalue weighted by Crippen LogP contribution is 2.37. The lowest BCUT2D eigenvalue weighted by Crippen LogP contribution is -2.49. The van der Waals surface area contributed by atoms with E-state index in [1.54, 1.807) is 30.0 Å². The Morgan fingerprint density at radius 1 is 1.18 bits per heavy atom. The first-order valence-electron chi connectivity index (χ1n) is 9.82. The summed E-state index contributed by atoms with van der Waals surface area (Å²) in [6, 6.07) is 4.87. The minimum Gasteiger partial charge on any atom is -0.454 e. The maximum absolute atomic E-state index is 12.6. The van der Waals surface area contributed by atoms with Crippen LogP contribution in [0.4, 0.5) is 5.69 Å². The summed E-state index contributed by atoms with van der Waals surface area (Å²) < 4.78 is 10.6. The molecule has 0 radical (unpaired) electrons. The van der Waals surface area contributed by atoms with E-state index in [0.29, 0.717) is 17.2 Å². The van der Waals surface area contributed by atoms with Gasteiger partial charge in [-0.1, -0.05) is 12.8 Å². The third-order valence-corrected chi connectivity index (χ3v) is 5.62. The molecule has 28 heavy (non-hydrogen) atoms. The average Bonchev–Trinajstić information content (AvgIpc) is 3.41. The van der Waals surface area contributed by atoms with Crippen LogP contribution in [0, 0.1) is 5.92 Å². The van der Waals surface area contributed by atoms with E-state index < -0.39 is 12.0 Å². The van der Waals surface area contributed by atoms with Gasteiger partial charge in [0, 0.05) is 30.8 Å². The first kappa shape index (κ1) is 18.6. The van der Waals surface area contributed by atoms with Crippen LogP contribution in [0.5, 0.6) is 11.5 Å². The first-order chi connectivity index (χ1) is 13.5. The molecule has 0 spiro atoms. The van der Waals surface area contributed by atoms with Gasteiger partial charge in [-0.15, -0.1) is 0 Å². The molecule has 2 fully saturated rings. The summed E-state index contributed by atoms with van der Waals surface area (Å²) in [5.74, 6) is 0.187. The molecule has 8 nitrogen and oxygen atoms in total. The van der Waals surface area contributed by atoms with Gasteiger partial charge in [-0.25, -0.2) is 0 Å². The number of carbonyl (C=O) groups excluding carboxylic acids is 3. The fourth-order valence-corrected chi connectivity index (χ4v) is 3.98. The largest absolute Gasteiger partial charge is 0.454 e. The van der Waals surface area contributed by atoms with Gasteiger partial charge in [0.25, 0.3) is 0 Å². The lowest BCUT2D eigenvalue weighted by atomic mass is 10.1. The van der Waals surface area contributed by atoms with E-state index in [-0.39, 0.29) is 43.5 Å². The fraction of sp³-hybridized carbons (Fsp3) is 0.550. The Labute approximate surface area is 163 Å². The summed E-state index contributed by atoms with van der Waals surface area (Å²) in [6.45, 7) is 2.12. The van der Waals surface area contributed by atoms with Crippen LogP contribution in [0.1, 0.15) is 39.0 Å². The van der Waals surface area contributed by atoms with E-state index >= 15 is 0 Å². The van der Waals surface area contributed by atoms with Crippen LogP contribution in [0.2, 0.25) is 0 Å². The Morgan fingerprint density at radius 3 is 2.71 bits per heavy atom. The monoisotopic (exact) mass is 387 g/mol. The lowest BCUT2D eigenvalue weighted by Gasteiger charge is -2.20. The summed E-state index contributed by atoms with van der Waals surface area (Å²) in [4.78, 5) is 38.9. The summed E-state index contributed by atoms with van der Waals surface area (Å²) >= 11 is 0. The maximum atomic E-state index is 12.6. The molecule has 2 aliphatic heterocycles. The van der Waals surface area contributed by atoms with Crippen molar-refractivity contribution in [1.29, 1.82) is 0 Å². The predicted molar refractivity (Wildman–Crippen MR) is 101 cm³/mol. The highest BCUT2D eigenvalue weighted by atomic mass is 16.7. The van der Waals surface area contributed by atoms with Crippen LogP contribution < -0.4 is 25.0 Å². The maximum Gasteiger partial charge on any atom is 0.242 e. The van der Waals surface area contributed by atoms with Crippen LogP contribution >= 0.6 is 0 Å². The Morgan fingerprint density at radius 2 is 1.93 bits per heavy atom. The van der Waals surface area contributed by atoms with Gasteiger partial charge in [0.15, 0.2) is 11.5 Å². The molecule has 3 aliphatic rings. The molecular formula is C20H25N3O5. The summed E-state index contributed by atoms with van der Waals surface area (Å²) in [5.41, 5.74) is 0.677. The third-order valence-electron chi connectivity index (χ3n) is 5.62. The number of amides is 3. The van der Waals surface area contributed by atoms with Gasteiger partial charge in [-0.2, -0.15) is 0 Å². The van der Waals surface area contributed by atoms with Crippen molar-refractivity contribution in [2.24, 2.45) is 5.92 Å². The first-order valence-corrected chi connectivity index (χ1v) is 9.82. The number of benzene rings is 1. The number of nitrogens with one attached hydrogen (secondary N) is 2. The second-order valence-corrected chi connectivity index (χ2v) is 7.66. The summed E-state index contributed by atoms with van der Waals surface area (Å²) in [7, 11) is 0. The molecule has 0 aromatic heterocycles. The van der Waals surface area contributed by atoms with Gasteiger partial charge >= 0.3 is 0 Å². The Kier molecular flexibility index (Phi) is 5.11. The van der Waals surface area contributed by atoms with Crippen molar-refractivity contribution in [3.8, 4) is 11.5 Å². The second-order valence-electron chi connectivity index (χ2n) is 7.66. The average molecular weight is 387 g/mol. The van der Waals surface area contributed by atoms with Crippen LogP contribution in [0.25, 0.3) is 0 Å². The molecular weight excluding hydrogens is 362 g/mol. The van der Waals surface area contributed by atoms with E-state index in [1.165, 1.54) is 0 Å². The number of fused-ring (bicyclic) bond motifs is 1. The standard InChI is InChI=1S/C20H25N3O5/c1-12(19(25)22-14-4-2-3-5-14)21-20(26)13-8-18(24)23(10-13)15-6-7-16-17(9-15)28-11-27-16/h6-7,9,12-14H,2-5,8,10-11H2,1H3,(H,21,26)(H,22,25)/t12-,13-/m1/s1. The van der Waals surface area contributed by atoms with E-state index in [1.807, 2.05) is 0 Å². The van der Waals surface area contributed by atoms with Crippen molar-refractivity contribution in [1.82, 2.24) is 10.6 Å². The second kappa shape index (κ2) is 7.69. The van der Waals surface area contributed by atoms with Crippen molar-refractivity contribution < 1.29 is 23.9 Å². The zero-order valence-electron chi connectivity index (χ0n) is 15.9. The van der Waals surface area contributed by atoms with Gasteiger partial charge in [0.05, 0.1) is 5.92 Å². The number of hydrogen-bond donors (Lipinski definition) is 2. The smallest absolute Gasteiger partial charge is 0.242 e. The molecule has 0 bridgehead atoms. The van der Waals surface area contributed by atoms with Crippen molar-refractivity contribution in [3.05, 3.63) is 18.2 Å². The number of nitrogens with zero attached hydrogens (tertiary/aromatic N) is 1. The van der Waals surface area contributed by atoms with E-state index in [9.17, 15) is 14.4 Å². The molecule has 1 aliphatic carbocycles. The molecule has 1 aromatic carbocycles. The molecule has 3 amide bonds. The topological polar surface area (TPSA) is 97.0 Å². The van der Waals surface area contributed by atoms with E-state index in [4.69, 9.17) is 9.47 Å². The highest BCUT2D eigenvalue weighted by molar-refractivity contribution is 6.01. The number of anilines is 1. The minimum absolute atomic E-state index is 0.122. The molecule has 1 saturated carbocycles. The molecule has 0 unspecified atom stereocenters. The Hall–Kier alpha value is -2.77. The van der Waals surface area contributed by atoms with Crippen molar-refractivity contribution in [3.63, 3.8) is 0 Å². The van der Waals surface area contributed by atoms with Crippen molar-refractivity contribution >= 4 is 23.4 Å². The summed E-state index contributed by atoms with van der Waals surface area (Å²) in [5, 5.41) is 5.74. The quantitative estimate of drug-likeness (QED) is 0.795. The zero-order valence-corrected chi connectivity index (χ0v) is 15.9. The number of hydrogen-bond acceptors (Lipinski definition) is 5. The molecule has 1 aromatic rings. The predicted octanol–water partition coefficient (Wildman–Crippen LogP) is 1.33. The number of ether oxygens (including phenoxy) is 2. The normalized spacial score (nSPS) is 22.4. The summed E-state index contributed by atoms with van der Waals surface area (Å²) in [6.07, 6.45) is 4.37.